The molecule has 1 rings (SSSR count). The maximum Gasteiger partial charge on any atom is 0.0964 e. The van der Waals surface area contributed by atoms with Crippen molar-refractivity contribution in [2.24, 2.45) is 4.99 Å². The third-order valence-electron chi connectivity index (χ3n) is 3.26. The molecule has 1 aliphatic heterocycles. The molecule has 3 nitrogen and oxygen atoms in total. The van der Waals surface area contributed by atoms with Gasteiger partial charge >= 0.3 is 0 Å². The molecule has 3 heteroatoms. The lowest BCUT2D eigenvalue weighted by Gasteiger charge is -2.03. The number of nitrogens with one attached hydrogen (secondary N) is 1. The molecule has 0 saturated heterocycles. The van der Waals surface area contributed by atoms with Gasteiger partial charge in [0.25, 0.3) is 0 Å². The Hall–Kier alpha value is -0.570. The largest absolute Gasteiger partial charge is 0.412 e. The SMILES string of the molecule is CCCCCCCCCCCC1=NCCN1.O. The Morgan fingerprint density at radius 1 is 0.941 bits per heavy atom. The van der Waals surface area contributed by atoms with Crippen LogP contribution < -0.4 is 5.32 Å². The van der Waals surface area contributed by atoms with Crippen molar-refractivity contribution < 1.29 is 5.48 Å². The van der Waals surface area contributed by atoms with E-state index in [4.69, 9.17) is 0 Å². The number of rotatable bonds is 10. The predicted octanol–water partition coefficient (Wildman–Crippen LogP) is 3.08. The summed E-state index contributed by atoms with van der Waals surface area (Å²) in [5, 5.41) is 3.33. The number of nitrogens with zero attached hydrogens (tertiary/aromatic N) is 1. The zero-order chi connectivity index (χ0) is 11.5. The quantitative estimate of drug-likeness (QED) is 0.588. The fraction of sp³-hybridized carbons (Fsp3) is 0.929. The number of hydrogen-bond acceptors (Lipinski definition) is 2. The van der Waals surface area contributed by atoms with Gasteiger partial charge in [0.2, 0.25) is 0 Å². The normalized spacial score (nSPS) is 14.1. The number of unbranched alkanes of at least 4 members (excludes halogenated alkanes) is 8. The lowest BCUT2D eigenvalue weighted by molar-refractivity contribution is 0.568. The molecular formula is C14H30N2O. The van der Waals surface area contributed by atoms with Crippen LogP contribution >= 0.6 is 0 Å². The van der Waals surface area contributed by atoms with Crippen LogP contribution in [0.25, 0.3) is 0 Å². The van der Waals surface area contributed by atoms with E-state index in [-0.39, 0.29) is 5.48 Å². The Bertz CT molecular complexity index is 193. The number of hydrogen-bond donors (Lipinski definition) is 1. The van der Waals surface area contributed by atoms with Gasteiger partial charge in [0.1, 0.15) is 0 Å². The molecule has 17 heavy (non-hydrogen) atoms. The second-order valence-corrected chi connectivity index (χ2v) is 4.83. The molecule has 1 heterocycles. The minimum Gasteiger partial charge on any atom is -0.412 e. The van der Waals surface area contributed by atoms with Crippen molar-refractivity contribution in [2.45, 2.75) is 71.1 Å². The summed E-state index contributed by atoms with van der Waals surface area (Å²) in [4.78, 5) is 4.41. The average molecular weight is 242 g/mol. The van der Waals surface area contributed by atoms with E-state index >= 15 is 0 Å². The molecule has 0 aromatic heterocycles. The van der Waals surface area contributed by atoms with Crippen molar-refractivity contribution in [1.29, 1.82) is 0 Å². The molecule has 0 aromatic rings. The van der Waals surface area contributed by atoms with Gasteiger partial charge in [-0.05, 0) is 6.42 Å². The second kappa shape index (κ2) is 11.9. The molecule has 0 aliphatic carbocycles. The standard InChI is InChI=1S/C14H28N2.H2O/c1-2-3-4-5-6-7-8-9-10-11-14-15-12-13-16-14;/h2-13H2,1H3,(H,15,16);1H2. The molecule has 0 aromatic carbocycles. The van der Waals surface area contributed by atoms with Crippen molar-refractivity contribution in [3.8, 4) is 0 Å². The fourth-order valence-corrected chi connectivity index (χ4v) is 2.22. The first-order valence-electron chi connectivity index (χ1n) is 7.20. The molecule has 3 N–H and O–H groups in total. The van der Waals surface area contributed by atoms with Gasteiger partial charge in [-0.25, -0.2) is 0 Å². The summed E-state index contributed by atoms with van der Waals surface area (Å²) >= 11 is 0. The molecule has 0 radical (unpaired) electrons. The number of aliphatic imine (C=N–C) groups is 1. The fourth-order valence-electron chi connectivity index (χ4n) is 2.22. The Labute approximate surface area is 106 Å². The molecule has 0 unspecified atom stereocenters. The van der Waals surface area contributed by atoms with Gasteiger partial charge in [-0.2, -0.15) is 0 Å². The first-order valence-corrected chi connectivity index (χ1v) is 7.20. The van der Waals surface area contributed by atoms with Crippen LogP contribution in [0.5, 0.6) is 0 Å². The highest BCUT2D eigenvalue weighted by atomic mass is 16.0. The summed E-state index contributed by atoms with van der Waals surface area (Å²) < 4.78 is 0. The van der Waals surface area contributed by atoms with Gasteiger partial charge in [0.15, 0.2) is 0 Å². The van der Waals surface area contributed by atoms with Crippen LogP contribution in [0.2, 0.25) is 0 Å². The molecule has 0 saturated carbocycles. The molecular weight excluding hydrogens is 212 g/mol. The van der Waals surface area contributed by atoms with Gasteiger partial charge in [-0.1, -0.05) is 58.3 Å². The Morgan fingerprint density at radius 2 is 1.53 bits per heavy atom. The van der Waals surface area contributed by atoms with E-state index in [0.29, 0.717) is 0 Å². The summed E-state index contributed by atoms with van der Waals surface area (Å²) in [6.45, 7) is 4.33. The monoisotopic (exact) mass is 242 g/mol. The molecule has 0 amide bonds. The van der Waals surface area contributed by atoms with E-state index < -0.39 is 0 Å². The van der Waals surface area contributed by atoms with E-state index in [2.05, 4.69) is 17.2 Å². The Kier molecular flexibility index (Phi) is 11.5. The van der Waals surface area contributed by atoms with Crippen LogP contribution in [0.3, 0.4) is 0 Å². The van der Waals surface area contributed by atoms with E-state index in [0.717, 1.165) is 13.1 Å². The zero-order valence-electron chi connectivity index (χ0n) is 11.4. The molecule has 0 spiro atoms. The van der Waals surface area contributed by atoms with E-state index in [1.54, 1.807) is 0 Å². The van der Waals surface area contributed by atoms with Gasteiger partial charge in [-0.3, -0.25) is 4.99 Å². The van der Waals surface area contributed by atoms with Crippen molar-refractivity contribution in [1.82, 2.24) is 5.32 Å². The van der Waals surface area contributed by atoms with Crippen LogP contribution in [0, 0.1) is 0 Å². The van der Waals surface area contributed by atoms with Crippen LogP contribution in [0.4, 0.5) is 0 Å². The summed E-state index contributed by atoms with van der Waals surface area (Å²) in [5.74, 6) is 1.25. The zero-order valence-corrected chi connectivity index (χ0v) is 11.4. The summed E-state index contributed by atoms with van der Waals surface area (Å²) in [5.41, 5.74) is 0. The summed E-state index contributed by atoms with van der Waals surface area (Å²) in [7, 11) is 0. The minimum atomic E-state index is 0. The van der Waals surface area contributed by atoms with Crippen molar-refractivity contribution in [3.63, 3.8) is 0 Å². The Balaban J connectivity index is 0.00000256. The minimum absolute atomic E-state index is 0. The predicted molar refractivity (Wildman–Crippen MR) is 75.8 cm³/mol. The highest BCUT2D eigenvalue weighted by Crippen LogP contribution is 2.10. The topological polar surface area (TPSA) is 55.9 Å². The highest BCUT2D eigenvalue weighted by molar-refractivity contribution is 5.83. The molecule has 0 fully saturated rings. The molecule has 0 atom stereocenters. The van der Waals surface area contributed by atoms with Gasteiger partial charge in [-0.15, -0.1) is 0 Å². The average Bonchev–Trinajstić information content (AvgIpc) is 2.80. The number of amidine groups is 1. The molecule has 102 valence electrons. The van der Waals surface area contributed by atoms with Gasteiger partial charge < -0.3 is 10.8 Å². The maximum absolute atomic E-state index is 4.41. The lowest BCUT2D eigenvalue weighted by atomic mass is 10.1. The summed E-state index contributed by atoms with van der Waals surface area (Å²) in [6, 6.07) is 0. The van der Waals surface area contributed by atoms with Gasteiger partial charge in [0, 0.05) is 13.0 Å². The van der Waals surface area contributed by atoms with E-state index in [9.17, 15) is 0 Å². The van der Waals surface area contributed by atoms with Crippen LogP contribution in [0.15, 0.2) is 4.99 Å². The smallest absolute Gasteiger partial charge is 0.0964 e. The van der Waals surface area contributed by atoms with Crippen molar-refractivity contribution in [2.75, 3.05) is 13.1 Å². The Morgan fingerprint density at radius 3 is 2.06 bits per heavy atom. The maximum atomic E-state index is 4.41. The second-order valence-electron chi connectivity index (χ2n) is 4.83. The van der Waals surface area contributed by atoms with Crippen LogP contribution in [-0.2, 0) is 0 Å². The molecule has 0 bridgehead atoms. The summed E-state index contributed by atoms with van der Waals surface area (Å²) in [6.07, 6.45) is 13.8. The third kappa shape index (κ3) is 9.16. The lowest BCUT2D eigenvalue weighted by Crippen LogP contribution is -2.17. The first kappa shape index (κ1) is 16.4. The highest BCUT2D eigenvalue weighted by Gasteiger charge is 2.03. The van der Waals surface area contributed by atoms with Crippen LogP contribution in [0.1, 0.15) is 71.1 Å². The van der Waals surface area contributed by atoms with E-state index in [1.165, 1.54) is 70.0 Å². The third-order valence-corrected chi connectivity index (χ3v) is 3.26. The van der Waals surface area contributed by atoms with Crippen molar-refractivity contribution >= 4 is 5.84 Å². The first-order chi connectivity index (χ1) is 7.93. The van der Waals surface area contributed by atoms with Crippen molar-refractivity contribution in [3.05, 3.63) is 0 Å². The van der Waals surface area contributed by atoms with E-state index in [1.807, 2.05) is 0 Å². The van der Waals surface area contributed by atoms with Gasteiger partial charge in [0.05, 0.1) is 12.4 Å². The molecule has 1 aliphatic rings. The van der Waals surface area contributed by atoms with Crippen LogP contribution in [-0.4, -0.2) is 24.4 Å².